The Balaban J connectivity index is 2.33. The van der Waals surface area contributed by atoms with E-state index in [2.05, 4.69) is 9.98 Å². The fourth-order valence-corrected chi connectivity index (χ4v) is 2.09. The van der Waals surface area contributed by atoms with Gasteiger partial charge in [0.2, 0.25) is 0 Å². The van der Waals surface area contributed by atoms with Crippen molar-refractivity contribution in [3.8, 4) is 0 Å². The standard InChI is InChI=1S/C12H10F3N3S/c1-6(18-11(16)12-17-4-5-19-12)7-2-3-8(13)10(15)9(7)14/h2-6H,1H3,(H2,16,18)/t6-/m1/s1. The van der Waals surface area contributed by atoms with E-state index < -0.39 is 23.5 Å². The summed E-state index contributed by atoms with van der Waals surface area (Å²) in [7, 11) is 0. The maximum atomic E-state index is 13.6. The zero-order valence-corrected chi connectivity index (χ0v) is 10.7. The van der Waals surface area contributed by atoms with Gasteiger partial charge in [-0.3, -0.25) is 4.99 Å². The third-order valence-electron chi connectivity index (χ3n) is 2.50. The van der Waals surface area contributed by atoms with Crippen molar-refractivity contribution in [3.05, 3.63) is 51.7 Å². The molecule has 7 heteroatoms. The molecule has 1 aromatic carbocycles. The Morgan fingerprint density at radius 2 is 2.05 bits per heavy atom. The van der Waals surface area contributed by atoms with E-state index in [-0.39, 0.29) is 11.4 Å². The highest BCUT2D eigenvalue weighted by Gasteiger charge is 2.18. The number of amidine groups is 1. The van der Waals surface area contributed by atoms with Gasteiger partial charge in [-0.15, -0.1) is 11.3 Å². The molecule has 1 heterocycles. The molecule has 19 heavy (non-hydrogen) atoms. The summed E-state index contributed by atoms with van der Waals surface area (Å²) >= 11 is 1.28. The number of benzene rings is 1. The van der Waals surface area contributed by atoms with Crippen molar-refractivity contribution in [1.29, 1.82) is 0 Å². The first-order chi connectivity index (χ1) is 9.00. The van der Waals surface area contributed by atoms with Crippen LogP contribution >= 0.6 is 11.3 Å². The molecule has 0 radical (unpaired) electrons. The molecule has 0 bridgehead atoms. The minimum Gasteiger partial charge on any atom is -0.381 e. The Morgan fingerprint density at radius 1 is 1.32 bits per heavy atom. The second kappa shape index (κ2) is 5.40. The first-order valence-corrected chi connectivity index (χ1v) is 6.25. The van der Waals surface area contributed by atoms with Crippen LogP contribution in [0.5, 0.6) is 0 Å². The molecule has 0 saturated carbocycles. The Morgan fingerprint density at radius 3 is 2.68 bits per heavy atom. The summed E-state index contributed by atoms with van der Waals surface area (Å²) in [5, 5.41) is 2.22. The summed E-state index contributed by atoms with van der Waals surface area (Å²) in [6.45, 7) is 1.54. The van der Waals surface area contributed by atoms with Gasteiger partial charge in [0, 0.05) is 17.1 Å². The van der Waals surface area contributed by atoms with Crippen LogP contribution in [-0.4, -0.2) is 10.8 Å². The van der Waals surface area contributed by atoms with Crippen LogP contribution in [0.25, 0.3) is 0 Å². The van der Waals surface area contributed by atoms with Crippen LogP contribution in [0.1, 0.15) is 23.5 Å². The second-order valence-corrected chi connectivity index (χ2v) is 4.69. The van der Waals surface area contributed by atoms with Gasteiger partial charge >= 0.3 is 0 Å². The van der Waals surface area contributed by atoms with Crippen molar-refractivity contribution < 1.29 is 13.2 Å². The van der Waals surface area contributed by atoms with Gasteiger partial charge in [0.15, 0.2) is 28.3 Å². The van der Waals surface area contributed by atoms with Crippen molar-refractivity contribution in [3.63, 3.8) is 0 Å². The smallest absolute Gasteiger partial charge is 0.194 e. The number of nitrogens with zero attached hydrogens (tertiary/aromatic N) is 2. The van der Waals surface area contributed by atoms with Crippen molar-refractivity contribution in [2.45, 2.75) is 13.0 Å². The van der Waals surface area contributed by atoms with E-state index in [0.717, 1.165) is 12.1 Å². The lowest BCUT2D eigenvalue weighted by atomic mass is 10.1. The molecule has 2 rings (SSSR count). The minimum absolute atomic E-state index is 0.0570. The van der Waals surface area contributed by atoms with Gasteiger partial charge in [-0.05, 0) is 13.0 Å². The van der Waals surface area contributed by atoms with Crippen LogP contribution in [0.3, 0.4) is 0 Å². The summed E-state index contributed by atoms with van der Waals surface area (Å²) in [5.74, 6) is -3.85. The van der Waals surface area contributed by atoms with E-state index in [1.165, 1.54) is 18.3 Å². The number of nitrogens with two attached hydrogens (primary N) is 1. The Bertz CT molecular complexity index is 611. The molecule has 0 aliphatic rings. The zero-order chi connectivity index (χ0) is 14.0. The molecular weight excluding hydrogens is 275 g/mol. The normalized spacial score (nSPS) is 13.6. The molecule has 2 aromatic rings. The zero-order valence-electron chi connectivity index (χ0n) is 9.90. The molecule has 100 valence electrons. The highest BCUT2D eigenvalue weighted by molar-refractivity contribution is 7.11. The van der Waals surface area contributed by atoms with E-state index in [4.69, 9.17) is 5.73 Å². The van der Waals surface area contributed by atoms with E-state index in [1.54, 1.807) is 11.6 Å². The van der Waals surface area contributed by atoms with Crippen molar-refractivity contribution >= 4 is 17.2 Å². The number of aliphatic imine (C=N–C) groups is 1. The monoisotopic (exact) mass is 285 g/mol. The molecular formula is C12H10F3N3S. The van der Waals surface area contributed by atoms with Gasteiger partial charge < -0.3 is 5.73 Å². The molecule has 0 amide bonds. The first-order valence-electron chi connectivity index (χ1n) is 5.37. The topological polar surface area (TPSA) is 51.3 Å². The highest BCUT2D eigenvalue weighted by atomic mass is 32.1. The number of thiazole rings is 1. The molecule has 2 N–H and O–H groups in total. The van der Waals surface area contributed by atoms with Gasteiger partial charge in [-0.1, -0.05) is 6.07 Å². The van der Waals surface area contributed by atoms with Crippen LogP contribution in [-0.2, 0) is 0 Å². The van der Waals surface area contributed by atoms with E-state index in [0.29, 0.717) is 5.01 Å². The number of hydrogen-bond donors (Lipinski definition) is 1. The maximum absolute atomic E-state index is 13.6. The highest BCUT2D eigenvalue weighted by Crippen LogP contribution is 2.24. The predicted molar refractivity (Wildman–Crippen MR) is 67.6 cm³/mol. The average Bonchev–Trinajstić information content (AvgIpc) is 2.89. The van der Waals surface area contributed by atoms with Gasteiger partial charge in [0.1, 0.15) is 0 Å². The van der Waals surface area contributed by atoms with Crippen LogP contribution < -0.4 is 5.73 Å². The lowest BCUT2D eigenvalue weighted by Crippen LogP contribution is -2.14. The third kappa shape index (κ3) is 2.76. The molecule has 0 aliphatic heterocycles. The van der Waals surface area contributed by atoms with Crippen LogP contribution in [0.4, 0.5) is 13.2 Å². The van der Waals surface area contributed by atoms with Crippen molar-refractivity contribution in [1.82, 2.24) is 4.98 Å². The number of halogens is 3. The first kappa shape index (κ1) is 13.5. The third-order valence-corrected chi connectivity index (χ3v) is 3.29. The largest absolute Gasteiger partial charge is 0.381 e. The Hall–Kier alpha value is -1.89. The fourth-order valence-electron chi connectivity index (χ4n) is 1.55. The van der Waals surface area contributed by atoms with E-state index in [9.17, 15) is 13.2 Å². The molecule has 1 aromatic heterocycles. The fraction of sp³-hybridized carbons (Fsp3) is 0.167. The number of rotatable bonds is 3. The maximum Gasteiger partial charge on any atom is 0.194 e. The van der Waals surface area contributed by atoms with Crippen LogP contribution in [0.15, 0.2) is 28.7 Å². The van der Waals surface area contributed by atoms with Gasteiger partial charge in [-0.2, -0.15) is 0 Å². The Labute approximate surface area is 111 Å². The Kier molecular flexibility index (Phi) is 3.84. The summed E-state index contributed by atoms with van der Waals surface area (Å²) < 4.78 is 39.5. The van der Waals surface area contributed by atoms with Crippen LogP contribution in [0, 0.1) is 17.5 Å². The van der Waals surface area contributed by atoms with E-state index >= 15 is 0 Å². The minimum atomic E-state index is -1.51. The second-order valence-electron chi connectivity index (χ2n) is 3.79. The molecule has 3 nitrogen and oxygen atoms in total. The number of aromatic nitrogens is 1. The van der Waals surface area contributed by atoms with Crippen molar-refractivity contribution in [2.75, 3.05) is 0 Å². The van der Waals surface area contributed by atoms with Gasteiger partial charge in [-0.25, -0.2) is 18.2 Å². The van der Waals surface area contributed by atoms with Gasteiger partial charge in [0.05, 0.1) is 6.04 Å². The molecule has 0 fully saturated rings. The van der Waals surface area contributed by atoms with Gasteiger partial charge in [0.25, 0.3) is 0 Å². The lowest BCUT2D eigenvalue weighted by molar-refractivity contribution is 0.437. The summed E-state index contributed by atoms with van der Waals surface area (Å²) in [6, 6.07) is 1.27. The lowest BCUT2D eigenvalue weighted by Gasteiger charge is -2.10. The molecule has 1 atom stereocenters. The summed E-state index contributed by atoms with van der Waals surface area (Å²) in [4.78, 5) is 7.99. The predicted octanol–water partition coefficient (Wildman–Crippen LogP) is 3.03. The molecule has 0 spiro atoms. The quantitative estimate of drug-likeness (QED) is 0.535. The van der Waals surface area contributed by atoms with E-state index in [1.807, 2.05) is 0 Å². The summed E-state index contributed by atoms with van der Waals surface area (Å²) in [6.07, 6.45) is 1.56. The SMILES string of the molecule is C[C@@H](N=C(N)c1nccs1)c1ccc(F)c(F)c1F. The molecule has 0 aliphatic carbocycles. The van der Waals surface area contributed by atoms with Crippen LogP contribution in [0.2, 0.25) is 0 Å². The molecule has 0 unspecified atom stereocenters. The molecule has 0 saturated heterocycles. The average molecular weight is 285 g/mol. The number of hydrogen-bond acceptors (Lipinski definition) is 3. The van der Waals surface area contributed by atoms with Crippen molar-refractivity contribution in [2.24, 2.45) is 10.7 Å². The summed E-state index contributed by atoms with van der Waals surface area (Å²) in [5.41, 5.74) is 5.65.